The number of nitrogens with one attached hydrogen (secondary N) is 1. The van der Waals surface area contributed by atoms with Gasteiger partial charge in [0.2, 0.25) is 10.0 Å². The number of sulfonamides is 1. The lowest BCUT2D eigenvalue weighted by Gasteiger charge is -2.11. The van der Waals surface area contributed by atoms with Gasteiger partial charge in [-0.3, -0.25) is 4.72 Å². The summed E-state index contributed by atoms with van der Waals surface area (Å²) >= 11 is 5.52. The van der Waals surface area contributed by atoms with E-state index in [1.54, 1.807) is 0 Å². The lowest BCUT2D eigenvalue weighted by Crippen LogP contribution is -2.17. The summed E-state index contributed by atoms with van der Waals surface area (Å²) in [5.41, 5.74) is 2.63. The van der Waals surface area contributed by atoms with Gasteiger partial charge in [0.25, 0.3) is 0 Å². The van der Waals surface area contributed by atoms with Gasteiger partial charge in [-0.15, -0.1) is 11.6 Å². The van der Waals surface area contributed by atoms with Crippen molar-refractivity contribution in [3.8, 4) is 0 Å². The Bertz CT molecular complexity index is 471. The summed E-state index contributed by atoms with van der Waals surface area (Å²) in [7, 11) is -3.25. The molecule has 0 unspecified atom stereocenters. The molecule has 0 aliphatic rings. The van der Waals surface area contributed by atoms with E-state index in [4.69, 9.17) is 11.6 Å². The quantitative estimate of drug-likeness (QED) is 0.641. The first kappa shape index (κ1) is 14.3. The molecule has 0 bridgehead atoms. The Kier molecular flexibility index (Phi) is 5.28. The van der Waals surface area contributed by atoms with Gasteiger partial charge in [0, 0.05) is 5.88 Å². The molecule has 0 spiro atoms. The number of alkyl halides is 1. The maximum Gasteiger partial charge on any atom is 0.232 e. The first-order chi connectivity index (χ1) is 7.94. The first-order valence-electron chi connectivity index (χ1n) is 5.58. The SMILES string of the molecule is Cc1ccc(C)c(NS(=O)(=O)CCCCCl)c1. The van der Waals surface area contributed by atoms with Gasteiger partial charge in [0.15, 0.2) is 0 Å². The summed E-state index contributed by atoms with van der Waals surface area (Å²) in [5, 5.41) is 0. The molecule has 0 amide bonds. The zero-order chi connectivity index (χ0) is 12.9. The highest BCUT2D eigenvalue weighted by Crippen LogP contribution is 2.18. The largest absolute Gasteiger partial charge is 0.283 e. The van der Waals surface area contributed by atoms with Crippen molar-refractivity contribution in [1.82, 2.24) is 0 Å². The van der Waals surface area contributed by atoms with E-state index in [-0.39, 0.29) is 5.75 Å². The first-order valence-corrected chi connectivity index (χ1v) is 7.77. The Hall–Kier alpha value is -0.740. The summed E-state index contributed by atoms with van der Waals surface area (Å²) in [4.78, 5) is 0. The highest BCUT2D eigenvalue weighted by Gasteiger charge is 2.11. The number of anilines is 1. The molecule has 0 heterocycles. The van der Waals surface area contributed by atoms with Crippen molar-refractivity contribution in [2.75, 3.05) is 16.4 Å². The van der Waals surface area contributed by atoms with E-state index in [2.05, 4.69) is 4.72 Å². The molecule has 0 atom stereocenters. The maximum absolute atomic E-state index is 11.8. The summed E-state index contributed by atoms with van der Waals surface area (Å²) in [6.45, 7) is 3.82. The zero-order valence-electron chi connectivity index (χ0n) is 10.2. The minimum Gasteiger partial charge on any atom is -0.283 e. The number of unbranched alkanes of at least 4 members (excludes halogenated alkanes) is 1. The molecule has 3 nitrogen and oxygen atoms in total. The van der Waals surface area contributed by atoms with Crippen LogP contribution in [0.2, 0.25) is 0 Å². The van der Waals surface area contributed by atoms with Crippen molar-refractivity contribution >= 4 is 27.3 Å². The van der Waals surface area contributed by atoms with Gasteiger partial charge in [0.1, 0.15) is 0 Å². The summed E-state index contributed by atoms with van der Waals surface area (Å²) in [5.74, 6) is 0.617. The lowest BCUT2D eigenvalue weighted by atomic mass is 10.1. The monoisotopic (exact) mass is 275 g/mol. The van der Waals surface area contributed by atoms with Crippen LogP contribution in [-0.2, 0) is 10.0 Å². The van der Waals surface area contributed by atoms with Gasteiger partial charge in [-0.2, -0.15) is 0 Å². The summed E-state index contributed by atoms with van der Waals surface area (Å²) in [6, 6.07) is 5.71. The van der Waals surface area contributed by atoms with E-state index in [9.17, 15) is 8.42 Å². The van der Waals surface area contributed by atoms with Gasteiger partial charge >= 0.3 is 0 Å². The topological polar surface area (TPSA) is 46.2 Å². The van der Waals surface area contributed by atoms with Gasteiger partial charge in [-0.05, 0) is 43.9 Å². The smallest absolute Gasteiger partial charge is 0.232 e. The van der Waals surface area contributed by atoms with Crippen LogP contribution < -0.4 is 4.72 Å². The number of hydrogen-bond acceptors (Lipinski definition) is 2. The van der Waals surface area contributed by atoms with Crippen LogP contribution >= 0.6 is 11.6 Å². The fourth-order valence-electron chi connectivity index (χ4n) is 1.45. The van der Waals surface area contributed by atoms with E-state index in [0.717, 1.165) is 17.5 Å². The van der Waals surface area contributed by atoms with Gasteiger partial charge in [-0.1, -0.05) is 12.1 Å². The molecule has 5 heteroatoms. The van der Waals surface area contributed by atoms with Crippen LogP contribution in [0.4, 0.5) is 5.69 Å². The molecule has 0 fully saturated rings. The van der Waals surface area contributed by atoms with Crippen molar-refractivity contribution in [3.05, 3.63) is 29.3 Å². The molecule has 96 valence electrons. The van der Waals surface area contributed by atoms with Gasteiger partial charge in [-0.25, -0.2) is 8.42 Å². The number of benzene rings is 1. The molecule has 0 aliphatic carbocycles. The van der Waals surface area contributed by atoms with Crippen LogP contribution in [-0.4, -0.2) is 20.1 Å². The van der Waals surface area contributed by atoms with Gasteiger partial charge < -0.3 is 0 Å². The highest BCUT2D eigenvalue weighted by atomic mass is 35.5. The van der Waals surface area contributed by atoms with E-state index >= 15 is 0 Å². The van der Waals surface area contributed by atoms with Crippen LogP contribution in [0.3, 0.4) is 0 Å². The number of rotatable bonds is 6. The lowest BCUT2D eigenvalue weighted by molar-refractivity contribution is 0.598. The third-order valence-electron chi connectivity index (χ3n) is 2.46. The molecule has 1 rings (SSSR count). The predicted octanol–water partition coefficient (Wildman–Crippen LogP) is 3.06. The third kappa shape index (κ3) is 4.96. The molecule has 0 saturated heterocycles. The second kappa shape index (κ2) is 6.26. The average Bonchev–Trinajstić information content (AvgIpc) is 2.23. The third-order valence-corrected chi connectivity index (χ3v) is 4.08. The average molecular weight is 276 g/mol. The zero-order valence-corrected chi connectivity index (χ0v) is 11.7. The molecule has 0 aliphatic heterocycles. The van der Waals surface area contributed by atoms with Crippen molar-refractivity contribution in [3.63, 3.8) is 0 Å². The van der Waals surface area contributed by atoms with E-state index < -0.39 is 10.0 Å². The van der Waals surface area contributed by atoms with Crippen LogP contribution in [0.5, 0.6) is 0 Å². The minimum atomic E-state index is -3.25. The molecular formula is C12H18ClNO2S. The highest BCUT2D eigenvalue weighted by molar-refractivity contribution is 7.92. The Morgan fingerprint density at radius 2 is 1.94 bits per heavy atom. The summed E-state index contributed by atoms with van der Waals surface area (Å²) in [6.07, 6.45) is 1.30. The molecular weight excluding hydrogens is 258 g/mol. The number of hydrogen-bond donors (Lipinski definition) is 1. The molecule has 1 aromatic rings. The fraction of sp³-hybridized carbons (Fsp3) is 0.500. The van der Waals surface area contributed by atoms with Crippen molar-refractivity contribution in [2.45, 2.75) is 26.7 Å². The normalized spacial score (nSPS) is 11.5. The van der Waals surface area contributed by atoms with Crippen LogP contribution in [0.1, 0.15) is 24.0 Å². The minimum absolute atomic E-state index is 0.118. The Balaban J connectivity index is 2.72. The van der Waals surface area contributed by atoms with Crippen molar-refractivity contribution < 1.29 is 8.42 Å². The number of halogens is 1. The summed E-state index contributed by atoms with van der Waals surface area (Å²) < 4.78 is 26.2. The molecule has 1 N–H and O–H groups in total. The number of aryl methyl sites for hydroxylation is 2. The van der Waals surface area contributed by atoms with Crippen LogP contribution in [0, 0.1) is 13.8 Å². The Morgan fingerprint density at radius 1 is 1.24 bits per heavy atom. The van der Waals surface area contributed by atoms with Gasteiger partial charge in [0.05, 0.1) is 11.4 Å². The molecule has 0 saturated carbocycles. The van der Waals surface area contributed by atoms with E-state index in [1.807, 2.05) is 32.0 Å². The molecule has 17 heavy (non-hydrogen) atoms. The standard InChI is InChI=1S/C12H18ClNO2S/c1-10-5-6-11(2)12(9-10)14-17(15,16)8-4-3-7-13/h5-6,9,14H,3-4,7-8H2,1-2H3. The predicted molar refractivity (Wildman–Crippen MR) is 73.3 cm³/mol. The molecule has 0 aromatic heterocycles. The second-order valence-electron chi connectivity index (χ2n) is 4.14. The Morgan fingerprint density at radius 3 is 2.59 bits per heavy atom. The maximum atomic E-state index is 11.8. The van der Waals surface area contributed by atoms with Crippen LogP contribution in [0.15, 0.2) is 18.2 Å². The molecule has 0 radical (unpaired) electrons. The molecule has 1 aromatic carbocycles. The van der Waals surface area contributed by atoms with E-state index in [1.165, 1.54) is 0 Å². The Labute approximate surface area is 108 Å². The van der Waals surface area contributed by atoms with Crippen molar-refractivity contribution in [2.24, 2.45) is 0 Å². The van der Waals surface area contributed by atoms with Crippen molar-refractivity contribution in [1.29, 1.82) is 0 Å². The van der Waals surface area contributed by atoms with Crippen LogP contribution in [0.25, 0.3) is 0 Å². The van der Waals surface area contributed by atoms with E-state index in [0.29, 0.717) is 18.0 Å². The fourth-order valence-corrected chi connectivity index (χ4v) is 2.88. The second-order valence-corrected chi connectivity index (χ2v) is 6.36.